The number of likely N-dealkylation sites (tertiary alicyclic amines) is 1. The van der Waals surface area contributed by atoms with E-state index < -0.39 is 10.0 Å². The minimum Gasteiger partial charge on any atom is -0.397 e. The van der Waals surface area contributed by atoms with E-state index in [-0.39, 0.29) is 18.0 Å². The molecule has 5 N–H and O–H groups in total. The minimum atomic E-state index is -3.26. The number of carbonyl (C=O) groups excluding carboxylic acids is 1. The predicted molar refractivity (Wildman–Crippen MR) is 147 cm³/mol. The summed E-state index contributed by atoms with van der Waals surface area (Å²) in [6.07, 6.45) is 3.15. The summed E-state index contributed by atoms with van der Waals surface area (Å²) in [5, 5.41) is 1.17. The van der Waals surface area contributed by atoms with Crippen LogP contribution in [0.5, 0.6) is 0 Å². The first-order chi connectivity index (χ1) is 17.6. The highest BCUT2D eigenvalue weighted by atomic mass is 32.2. The molecule has 1 unspecified atom stereocenters. The summed E-state index contributed by atoms with van der Waals surface area (Å²) < 4.78 is 25.2. The Morgan fingerprint density at radius 3 is 2.46 bits per heavy atom. The number of fused-ring (bicyclic) bond motifs is 1. The average molecular weight is 526 g/mol. The van der Waals surface area contributed by atoms with Gasteiger partial charge < -0.3 is 26.3 Å². The highest BCUT2D eigenvalue weighted by molar-refractivity contribution is 7.88. The Morgan fingerprint density at radius 2 is 1.76 bits per heavy atom. The number of aromatic amines is 1. The zero-order chi connectivity index (χ0) is 26.3. The molecule has 37 heavy (non-hydrogen) atoms. The summed E-state index contributed by atoms with van der Waals surface area (Å²) >= 11 is 0. The summed E-state index contributed by atoms with van der Waals surface area (Å²) in [6.45, 7) is 3.28. The van der Waals surface area contributed by atoms with E-state index in [1.165, 1.54) is 21.5 Å². The molecule has 10 nitrogen and oxygen atoms in total. The second-order valence-electron chi connectivity index (χ2n) is 10.2. The fourth-order valence-corrected chi connectivity index (χ4v) is 6.38. The van der Waals surface area contributed by atoms with Crippen LogP contribution in [-0.2, 0) is 16.6 Å². The van der Waals surface area contributed by atoms with Crippen molar-refractivity contribution in [2.24, 2.45) is 0 Å². The molecular weight excluding hydrogens is 490 g/mol. The third-order valence-corrected chi connectivity index (χ3v) is 9.00. The van der Waals surface area contributed by atoms with Gasteiger partial charge in [0.05, 0.1) is 17.6 Å². The summed E-state index contributed by atoms with van der Waals surface area (Å²) in [4.78, 5) is 22.7. The number of amides is 2. The van der Waals surface area contributed by atoms with E-state index in [1.807, 2.05) is 29.3 Å². The van der Waals surface area contributed by atoms with Gasteiger partial charge in [0.15, 0.2) is 0 Å². The van der Waals surface area contributed by atoms with Crippen LogP contribution in [0.1, 0.15) is 17.0 Å². The smallest absolute Gasteiger partial charge is 0.320 e. The van der Waals surface area contributed by atoms with Crippen molar-refractivity contribution in [1.29, 1.82) is 0 Å². The van der Waals surface area contributed by atoms with Crippen molar-refractivity contribution in [3.8, 4) is 0 Å². The maximum atomic E-state index is 13.5. The molecule has 0 aliphatic carbocycles. The second-order valence-corrected chi connectivity index (χ2v) is 12.2. The van der Waals surface area contributed by atoms with Gasteiger partial charge in [-0.3, -0.25) is 4.90 Å². The maximum absolute atomic E-state index is 13.5. The number of likely N-dealkylation sites (N-methyl/N-ethyl adjacent to an activating group) is 1. The van der Waals surface area contributed by atoms with Crippen molar-refractivity contribution >= 4 is 38.3 Å². The minimum absolute atomic E-state index is 0.0498. The van der Waals surface area contributed by atoms with Crippen LogP contribution in [0.4, 0.5) is 16.2 Å². The lowest BCUT2D eigenvalue weighted by Crippen LogP contribution is -2.53. The Hall–Kier alpha value is -3.28. The van der Waals surface area contributed by atoms with E-state index in [0.29, 0.717) is 50.6 Å². The van der Waals surface area contributed by atoms with E-state index >= 15 is 0 Å². The second kappa shape index (κ2) is 9.88. The number of aromatic nitrogens is 1. The Morgan fingerprint density at radius 1 is 1.00 bits per heavy atom. The van der Waals surface area contributed by atoms with Gasteiger partial charge in [-0.2, -0.15) is 4.31 Å². The fourth-order valence-electron chi connectivity index (χ4n) is 5.56. The lowest BCUT2D eigenvalue weighted by atomic mass is 9.92. The predicted octanol–water partition coefficient (Wildman–Crippen LogP) is 1.93. The number of sulfonamides is 1. The highest BCUT2D eigenvalue weighted by Gasteiger charge is 2.40. The Kier molecular flexibility index (Phi) is 6.78. The number of rotatable bonds is 5. The number of nitrogen functional groups attached to an aromatic ring is 2. The molecule has 2 amide bonds. The first-order valence-electron chi connectivity index (χ1n) is 12.5. The lowest BCUT2D eigenvalue weighted by Gasteiger charge is -2.35. The molecule has 2 fully saturated rings. The van der Waals surface area contributed by atoms with Crippen molar-refractivity contribution in [3.05, 3.63) is 59.8 Å². The standard InChI is InChI=1S/C26H35N7O3S/c1-30(15-18-3-6-24-20(13-18)7-8-29-24)25-17-32(16-21(25)19-4-5-22(27)23(28)14-19)26(34)31-9-11-33(12-10-31)37(2,35)36/h3-8,13-14,21,25,29H,9-12,15-17,27-28H2,1-2H3/t21-,25?/m1/s1. The molecule has 5 rings (SSSR count). The van der Waals surface area contributed by atoms with Crippen LogP contribution in [0.25, 0.3) is 10.9 Å². The van der Waals surface area contributed by atoms with Crippen molar-refractivity contribution in [3.63, 3.8) is 0 Å². The van der Waals surface area contributed by atoms with Crippen LogP contribution in [0.2, 0.25) is 0 Å². The molecular formula is C26H35N7O3S. The quantitative estimate of drug-likeness (QED) is 0.436. The van der Waals surface area contributed by atoms with Gasteiger partial charge in [0.25, 0.3) is 0 Å². The molecule has 3 heterocycles. The van der Waals surface area contributed by atoms with Gasteiger partial charge in [0.2, 0.25) is 10.0 Å². The molecule has 0 bridgehead atoms. The summed E-state index contributed by atoms with van der Waals surface area (Å²) in [7, 11) is -1.16. The van der Waals surface area contributed by atoms with Gasteiger partial charge in [-0.15, -0.1) is 0 Å². The first-order valence-corrected chi connectivity index (χ1v) is 14.3. The van der Waals surface area contributed by atoms with E-state index in [2.05, 4.69) is 41.2 Å². The molecule has 11 heteroatoms. The van der Waals surface area contributed by atoms with Crippen LogP contribution in [0.15, 0.2) is 48.7 Å². The van der Waals surface area contributed by atoms with Gasteiger partial charge in [-0.1, -0.05) is 12.1 Å². The topological polar surface area (TPSA) is 132 Å². The molecule has 198 valence electrons. The number of H-pyrrole nitrogens is 1. The van der Waals surface area contributed by atoms with Crippen LogP contribution >= 0.6 is 0 Å². The van der Waals surface area contributed by atoms with Crippen LogP contribution in [0, 0.1) is 0 Å². The lowest BCUT2D eigenvalue weighted by molar-refractivity contribution is 0.138. The highest BCUT2D eigenvalue weighted by Crippen LogP contribution is 2.34. The molecule has 1 aromatic heterocycles. The zero-order valence-corrected chi connectivity index (χ0v) is 22.1. The molecule has 0 radical (unpaired) electrons. The molecule has 2 saturated heterocycles. The molecule has 0 spiro atoms. The van der Waals surface area contributed by atoms with Gasteiger partial charge >= 0.3 is 6.03 Å². The number of nitrogens with one attached hydrogen (secondary N) is 1. The van der Waals surface area contributed by atoms with Gasteiger partial charge in [-0.05, 0) is 53.9 Å². The first kappa shape index (κ1) is 25.4. The van der Waals surface area contributed by atoms with Crippen LogP contribution in [-0.4, -0.2) is 97.1 Å². The number of piperazine rings is 1. The Balaban J connectivity index is 1.35. The molecule has 3 aromatic rings. The van der Waals surface area contributed by atoms with Crippen molar-refractivity contribution in [2.45, 2.75) is 18.5 Å². The fraction of sp³-hybridized carbons (Fsp3) is 0.423. The number of hydrogen-bond acceptors (Lipinski definition) is 6. The molecule has 2 aromatic carbocycles. The van der Waals surface area contributed by atoms with E-state index in [9.17, 15) is 13.2 Å². The number of anilines is 2. The van der Waals surface area contributed by atoms with Crippen molar-refractivity contribution in [2.75, 3.05) is 64.0 Å². The maximum Gasteiger partial charge on any atom is 0.320 e. The van der Waals surface area contributed by atoms with Crippen LogP contribution < -0.4 is 11.5 Å². The van der Waals surface area contributed by atoms with Crippen molar-refractivity contribution in [1.82, 2.24) is 24.0 Å². The van der Waals surface area contributed by atoms with Gasteiger partial charge in [-0.25, -0.2) is 13.2 Å². The SMILES string of the molecule is CN(Cc1ccc2[nH]ccc2c1)C1CN(C(=O)N2CCN(S(C)(=O)=O)CC2)C[C@@H]1c1ccc(N)c(N)c1. The number of hydrogen-bond donors (Lipinski definition) is 3. The average Bonchev–Trinajstić information content (AvgIpc) is 3.52. The largest absolute Gasteiger partial charge is 0.397 e. The van der Waals surface area contributed by atoms with E-state index in [1.54, 1.807) is 4.90 Å². The Labute approximate surface area is 217 Å². The Bertz CT molecular complexity index is 1400. The normalized spacial score (nSPS) is 21.3. The molecule has 0 saturated carbocycles. The molecule has 2 aliphatic rings. The van der Waals surface area contributed by atoms with Gasteiger partial charge in [0, 0.05) is 69.5 Å². The van der Waals surface area contributed by atoms with Crippen molar-refractivity contribution < 1.29 is 13.2 Å². The van der Waals surface area contributed by atoms with E-state index in [0.717, 1.165) is 17.6 Å². The van der Waals surface area contributed by atoms with Gasteiger partial charge in [0.1, 0.15) is 0 Å². The summed E-state index contributed by atoms with van der Waals surface area (Å²) in [5.41, 5.74) is 16.6. The number of urea groups is 1. The monoisotopic (exact) mass is 525 g/mol. The van der Waals surface area contributed by atoms with Crippen LogP contribution in [0.3, 0.4) is 0 Å². The number of nitrogens with zero attached hydrogens (tertiary/aromatic N) is 4. The number of nitrogens with two attached hydrogens (primary N) is 2. The summed E-state index contributed by atoms with van der Waals surface area (Å²) in [6, 6.07) is 14.3. The van der Waals surface area contributed by atoms with E-state index in [4.69, 9.17) is 11.5 Å². The number of benzene rings is 2. The molecule has 2 atom stereocenters. The third kappa shape index (κ3) is 5.25. The summed E-state index contributed by atoms with van der Waals surface area (Å²) in [5.74, 6) is 0.0603. The third-order valence-electron chi connectivity index (χ3n) is 7.69. The zero-order valence-electron chi connectivity index (χ0n) is 21.3. The molecule has 2 aliphatic heterocycles. The number of carbonyl (C=O) groups is 1.